The van der Waals surface area contributed by atoms with Crippen molar-refractivity contribution in [3.05, 3.63) is 188 Å². The molecule has 0 aliphatic carbocycles. The van der Waals surface area contributed by atoms with E-state index in [-0.39, 0.29) is 0 Å². The first kappa shape index (κ1) is 32.7. The topological polar surface area (TPSA) is 51.8 Å². The number of hydrogen-bond donors (Lipinski definition) is 0. The number of benzene rings is 9. The molecule has 0 fully saturated rings. The number of thiophene rings is 1. The normalized spacial score (nSPS) is 11.8. The average molecular weight is 758 g/mol. The highest BCUT2D eigenvalue weighted by Gasteiger charge is 2.18. The molecule has 0 spiro atoms. The standard InChI is InChI=1S/C53H31N3OS/c1-2-13-34(14-3-1)51-54-52(36-25-28-46-45(29-36)42-26-23-35(30-47(42)57-46)40-19-8-15-32-11-4-6-17-38(32)40)56-53(55-51)37-24-27-44-49(31-37)58-48-22-10-21-43(50(44)48)41-20-9-16-33-12-5-7-18-39(33)41/h1-31H. The molecule has 5 heteroatoms. The van der Waals surface area contributed by atoms with E-state index in [9.17, 15) is 0 Å². The molecule has 9 aromatic carbocycles. The predicted molar refractivity (Wildman–Crippen MR) is 242 cm³/mol. The van der Waals surface area contributed by atoms with Gasteiger partial charge in [-0.15, -0.1) is 11.3 Å². The number of furan rings is 1. The van der Waals surface area contributed by atoms with Gasteiger partial charge in [-0.25, -0.2) is 15.0 Å². The Labute approximate surface area is 337 Å². The summed E-state index contributed by atoms with van der Waals surface area (Å²) in [5.74, 6) is 1.88. The summed E-state index contributed by atoms with van der Waals surface area (Å²) in [5, 5.41) is 9.51. The van der Waals surface area contributed by atoms with E-state index in [0.29, 0.717) is 17.5 Å². The first-order valence-corrected chi connectivity index (χ1v) is 20.2. The number of nitrogens with zero attached hydrogens (tertiary/aromatic N) is 3. The third-order valence-corrected chi connectivity index (χ3v) is 12.5. The van der Waals surface area contributed by atoms with E-state index < -0.39 is 0 Å². The van der Waals surface area contributed by atoms with E-state index in [0.717, 1.165) is 44.2 Å². The van der Waals surface area contributed by atoms with Crippen molar-refractivity contribution in [2.24, 2.45) is 0 Å². The van der Waals surface area contributed by atoms with Gasteiger partial charge in [-0.1, -0.05) is 146 Å². The lowest BCUT2D eigenvalue weighted by atomic mass is 9.94. The lowest BCUT2D eigenvalue weighted by molar-refractivity contribution is 0.669. The molecule has 270 valence electrons. The molecule has 0 bridgehead atoms. The fraction of sp³-hybridized carbons (Fsp3) is 0. The molecule has 0 saturated heterocycles. The maximum atomic E-state index is 6.48. The molecule has 0 aliphatic rings. The zero-order valence-electron chi connectivity index (χ0n) is 31.1. The smallest absolute Gasteiger partial charge is 0.164 e. The predicted octanol–water partition coefficient (Wildman–Crippen LogP) is 14.8. The number of hydrogen-bond acceptors (Lipinski definition) is 5. The van der Waals surface area contributed by atoms with E-state index >= 15 is 0 Å². The second kappa shape index (κ2) is 13.1. The maximum Gasteiger partial charge on any atom is 0.164 e. The van der Waals surface area contributed by atoms with Gasteiger partial charge in [0.1, 0.15) is 11.2 Å². The van der Waals surface area contributed by atoms with Gasteiger partial charge < -0.3 is 4.42 Å². The summed E-state index contributed by atoms with van der Waals surface area (Å²) in [4.78, 5) is 15.3. The van der Waals surface area contributed by atoms with Crippen LogP contribution in [0.15, 0.2) is 192 Å². The van der Waals surface area contributed by atoms with Crippen LogP contribution in [-0.2, 0) is 0 Å². The summed E-state index contributed by atoms with van der Waals surface area (Å²) in [6.07, 6.45) is 0. The van der Waals surface area contributed by atoms with Crippen LogP contribution in [0.5, 0.6) is 0 Å². The molecule has 4 nitrogen and oxygen atoms in total. The van der Waals surface area contributed by atoms with Crippen molar-refractivity contribution >= 4 is 75.0 Å². The van der Waals surface area contributed by atoms with Gasteiger partial charge in [0.25, 0.3) is 0 Å². The lowest BCUT2D eigenvalue weighted by Crippen LogP contribution is -2.00. The fourth-order valence-corrected chi connectivity index (χ4v) is 9.73. The van der Waals surface area contributed by atoms with Crippen molar-refractivity contribution in [1.29, 1.82) is 0 Å². The molecule has 0 atom stereocenters. The molecule has 0 amide bonds. The third kappa shape index (κ3) is 5.32. The summed E-state index contributed by atoms with van der Waals surface area (Å²) in [7, 11) is 0. The van der Waals surface area contributed by atoms with Gasteiger partial charge in [0, 0.05) is 47.6 Å². The van der Waals surface area contributed by atoms with Crippen LogP contribution in [0.1, 0.15) is 0 Å². The van der Waals surface area contributed by atoms with E-state index in [4.69, 9.17) is 19.4 Å². The molecular formula is C53H31N3OS. The minimum absolute atomic E-state index is 0.613. The van der Waals surface area contributed by atoms with Crippen molar-refractivity contribution in [3.8, 4) is 56.4 Å². The van der Waals surface area contributed by atoms with Gasteiger partial charge >= 0.3 is 0 Å². The van der Waals surface area contributed by atoms with Crippen molar-refractivity contribution in [2.75, 3.05) is 0 Å². The van der Waals surface area contributed by atoms with Crippen molar-refractivity contribution in [1.82, 2.24) is 15.0 Å². The van der Waals surface area contributed by atoms with Gasteiger partial charge in [-0.3, -0.25) is 0 Å². The van der Waals surface area contributed by atoms with Crippen molar-refractivity contribution in [2.45, 2.75) is 0 Å². The molecule has 0 radical (unpaired) electrons. The Morgan fingerprint density at radius 2 is 0.914 bits per heavy atom. The zero-order chi connectivity index (χ0) is 38.2. The second-order valence-electron chi connectivity index (χ2n) is 14.7. The monoisotopic (exact) mass is 757 g/mol. The van der Waals surface area contributed by atoms with Gasteiger partial charge in [-0.2, -0.15) is 0 Å². The van der Waals surface area contributed by atoms with Crippen LogP contribution in [-0.4, -0.2) is 15.0 Å². The minimum atomic E-state index is 0.613. The first-order chi connectivity index (χ1) is 28.7. The highest BCUT2D eigenvalue weighted by Crippen LogP contribution is 2.43. The van der Waals surface area contributed by atoms with Crippen LogP contribution < -0.4 is 0 Å². The Morgan fingerprint density at radius 3 is 1.71 bits per heavy atom. The molecule has 58 heavy (non-hydrogen) atoms. The summed E-state index contributed by atoms with van der Waals surface area (Å²) in [5.41, 5.74) is 9.25. The quantitative estimate of drug-likeness (QED) is 0.175. The Hall–Kier alpha value is -7.47. The van der Waals surface area contributed by atoms with Crippen LogP contribution in [0.2, 0.25) is 0 Å². The molecule has 0 unspecified atom stereocenters. The second-order valence-corrected chi connectivity index (χ2v) is 15.8. The van der Waals surface area contributed by atoms with Gasteiger partial charge in [-0.05, 0) is 86.3 Å². The molecule has 0 N–H and O–H groups in total. The zero-order valence-corrected chi connectivity index (χ0v) is 31.9. The van der Waals surface area contributed by atoms with E-state index in [2.05, 4.69) is 146 Å². The highest BCUT2D eigenvalue weighted by molar-refractivity contribution is 7.26. The summed E-state index contributed by atoms with van der Waals surface area (Å²) in [6.45, 7) is 0. The van der Waals surface area contributed by atoms with Gasteiger partial charge in [0.05, 0.1) is 0 Å². The van der Waals surface area contributed by atoms with Gasteiger partial charge in [0.15, 0.2) is 17.5 Å². The molecule has 12 rings (SSSR count). The Bertz CT molecular complexity index is 3570. The van der Waals surface area contributed by atoms with E-state index in [1.54, 1.807) is 0 Å². The van der Waals surface area contributed by atoms with Crippen LogP contribution in [0.3, 0.4) is 0 Å². The highest BCUT2D eigenvalue weighted by atomic mass is 32.1. The maximum absolute atomic E-state index is 6.48. The van der Waals surface area contributed by atoms with Crippen LogP contribution in [0.25, 0.3) is 120 Å². The Morgan fingerprint density at radius 1 is 0.328 bits per heavy atom. The van der Waals surface area contributed by atoms with E-state index in [1.807, 2.05) is 53.8 Å². The third-order valence-electron chi connectivity index (χ3n) is 11.3. The van der Waals surface area contributed by atoms with Crippen LogP contribution >= 0.6 is 11.3 Å². The van der Waals surface area contributed by atoms with Crippen LogP contribution in [0, 0.1) is 0 Å². The molecule has 3 heterocycles. The molecule has 3 aromatic heterocycles. The van der Waals surface area contributed by atoms with Crippen LogP contribution in [0.4, 0.5) is 0 Å². The summed E-state index contributed by atoms with van der Waals surface area (Å²) in [6, 6.07) is 66.3. The summed E-state index contributed by atoms with van der Waals surface area (Å²) >= 11 is 1.81. The van der Waals surface area contributed by atoms with Gasteiger partial charge in [0.2, 0.25) is 0 Å². The van der Waals surface area contributed by atoms with Crippen molar-refractivity contribution < 1.29 is 4.42 Å². The lowest BCUT2D eigenvalue weighted by Gasteiger charge is -2.10. The van der Waals surface area contributed by atoms with E-state index in [1.165, 1.54) is 58.4 Å². The Balaban J connectivity index is 0.983. The average Bonchev–Trinajstić information content (AvgIpc) is 3.86. The fourth-order valence-electron chi connectivity index (χ4n) is 8.56. The molecule has 0 saturated carbocycles. The number of rotatable bonds is 5. The molecular weight excluding hydrogens is 727 g/mol. The number of fused-ring (bicyclic) bond motifs is 8. The molecule has 0 aliphatic heterocycles. The number of aromatic nitrogens is 3. The first-order valence-electron chi connectivity index (χ1n) is 19.4. The largest absolute Gasteiger partial charge is 0.456 e. The molecule has 12 aromatic rings. The summed E-state index contributed by atoms with van der Waals surface area (Å²) < 4.78 is 8.92. The SMILES string of the molecule is c1ccc(-c2nc(-c3ccc4c(c3)sc3cccc(-c5cccc6ccccc56)c34)nc(-c3ccc4oc5cc(-c6cccc7ccccc67)ccc5c4c3)n2)cc1. The van der Waals surface area contributed by atoms with Crippen molar-refractivity contribution in [3.63, 3.8) is 0 Å². The Kier molecular flexibility index (Phi) is 7.37. The minimum Gasteiger partial charge on any atom is -0.456 e.